The average Bonchev–Trinajstić information content (AvgIpc) is 3.16. The van der Waals surface area contributed by atoms with Gasteiger partial charge in [-0.05, 0) is 31.4 Å². The lowest BCUT2D eigenvalue weighted by molar-refractivity contribution is 0.0692. The van der Waals surface area contributed by atoms with Crippen molar-refractivity contribution in [3.8, 4) is 0 Å². The van der Waals surface area contributed by atoms with E-state index in [2.05, 4.69) is 9.59 Å². The number of hydrogen-bond donors (Lipinski definition) is 0. The van der Waals surface area contributed by atoms with Gasteiger partial charge in [0.1, 0.15) is 0 Å². The highest BCUT2D eigenvalue weighted by atomic mass is 32.2. The zero-order valence-electron chi connectivity index (χ0n) is 12.7. The Morgan fingerprint density at radius 1 is 1.22 bits per heavy atom. The molecule has 1 amide bonds. The number of thiophene rings is 1. The van der Waals surface area contributed by atoms with Crippen LogP contribution in [0.3, 0.4) is 0 Å². The van der Waals surface area contributed by atoms with Gasteiger partial charge in [0.05, 0.1) is 4.90 Å². The molecule has 10 heteroatoms. The van der Waals surface area contributed by atoms with E-state index in [1.165, 1.54) is 15.6 Å². The second-order valence-electron chi connectivity index (χ2n) is 5.26. The van der Waals surface area contributed by atoms with Crippen LogP contribution < -0.4 is 0 Å². The molecule has 1 saturated heterocycles. The zero-order chi connectivity index (χ0) is 16.6. The maximum atomic E-state index is 12.7. The molecule has 23 heavy (non-hydrogen) atoms. The average molecular weight is 372 g/mol. The molecule has 0 aromatic carbocycles. The van der Waals surface area contributed by atoms with Gasteiger partial charge in [0, 0.05) is 41.3 Å². The molecular weight excluding hydrogens is 356 g/mol. The van der Waals surface area contributed by atoms with E-state index in [1.807, 2.05) is 13.8 Å². The smallest absolute Gasteiger partial charge is 0.275 e. The van der Waals surface area contributed by atoms with Crippen molar-refractivity contribution in [3.63, 3.8) is 0 Å². The molecule has 0 radical (unpaired) electrons. The van der Waals surface area contributed by atoms with Crippen molar-refractivity contribution >= 4 is 38.8 Å². The summed E-state index contributed by atoms with van der Waals surface area (Å²) in [7, 11) is -3.49. The fourth-order valence-corrected chi connectivity index (χ4v) is 5.93. The van der Waals surface area contributed by atoms with Crippen LogP contribution in [-0.4, -0.2) is 59.3 Å². The minimum Gasteiger partial charge on any atom is -0.335 e. The van der Waals surface area contributed by atoms with Crippen LogP contribution in [-0.2, 0) is 10.0 Å². The molecule has 3 heterocycles. The number of carbonyl (C=O) groups excluding carboxylic acids is 1. The molecule has 0 unspecified atom stereocenters. The minimum atomic E-state index is -3.49. The van der Waals surface area contributed by atoms with E-state index in [4.69, 9.17) is 0 Å². The predicted octanol–water partition coefficient (Wildman–Crippen LogP) is 1.36. The first-order chi connectivity index (χ1) is 10.9. The Bertz CT molecular complexity index is 806. The number of sulfonamides is 1. The standard InChI is InChI=1S/C13H16N4O3S3/c1-9-7-12(10(2)22-9)23(19,20)17-5-3-16(4-6-17)13(18)11-8-21-15-14-11/h7-8H,3-6H2,1-2H3. The molecule has 0 atom stereocenters. The predicted molar refractivity (Wildman–Crippen MR) is 88.4 cm³/mol. The molecular formula is C13H16N4O3S3. The number of piperazine rings is 1. The molecule has 0 aliphatic carbocycles. The van der Waals surface area contributed by atoms with Gasteiger partial charge in [-0.1, -0.05) is 4.49 Å². The molecule has 0 spiro atoms. The van der Waals surface area contributed by atoms with E-state index < -0.39 is 10.0 Å². The quantitative estimate of drug-likeness (QED) is 0.812. The van der Waals surface area contributed by atoms with Crippen LogP contribution in [0.25, 0.3) is 0 Å². The second kappa shape index (κ2) is 6.27. The van der Waals surface area contributed by atoms with Crippen molar-refractivity contribution in [2.75, 3.05) is 26.2 Å². The van der Waals surface area contributed by atoms with Gasteiger partial charge in [-0.2, -0.15) is 4.31 Å². The normalized spacial score (nSPS) is 16.7. The highest BCUT2D eigenvalue weighted by Crippen LogP contribution is 2.28. The van der Waals surface area contributed by atoms with Crippen LogP contribution in [0, 0.1) is 13.8 Å². The zero-order valence-corrected chi connectivity index (χ0v) is 15.2. The van der Waals surface area contributed by atoms with Crippen molar-refractivity contribution in [1.29, 1.82) is 0 Å². The third-order valence-electron chi connectivity index (χ3n) is 3.72. The van der Waals surface area contributed by atoms with Crippen LogP contribution in [0.1, 0.15) is 20.2 Å². The van der Waals surface area contributed by atoms with Crippen molar-refractivity contribution in [1.82, 2.24) is 18.8 Å². The summed E-state index contributed by atoms with van der Waals surface area (Å²) in [5.74, 6) is -0.196. The van der Waals surface area contributed by atoms with E-state index in [0.29, 0.717) is 36.8 Å². The molecule has 3 rings (SSSR count). The molecule has 0 bridgehead atoms. The monoisotopic (exact) mass is 372 g/mol. The van der Waals surface area contributed by atoms with E-state index in [1.54, 1.807) is 16.3 Å². The molecule has 7 nitrogen and oxygen atoms in total. The first-order valence-electron chi connectivity index (χ1n) is 7.03. The summed E-state index contributed by atoms with van der Waals surface area (Å²) < 4.78 is 30.6. The van der Waals surface area contributed by atoms with Crippen LogP contribution in [0.15, 0.2) is 16.3 Å². The lowest BCUT2D eigenvalue weighted by Gasteiger charge is -2.33. The van der Waals surface area contributed by atoms with Gasteiger partial charge in [0.15, 0.2) is 5.69 Å². The Morgan fingerprint density at radius 2 is 1.91 bits per heavy atom. The molecule has 1 aliphatic rings. The summed E-state index contributed by atoms with van der Waals surface area (Å²) in [6, 6.07) is 1.72. The molecule has 0 saturated carbocycles. The first-order valence-corrected chi connectivity index (χ1v) is 10.1. The SMILES string of the molecule is Cc1cc(S(=O)(=O)N2CCN(C(=O)c3csnn3)CC2)c(C)s1. The number of aryl methyl sites for hydroxylation is 2. The van der Waals surface area contributed by atoms with E-state index >= 15 is 0 Å². The minimum absolute atomic E-state index is 0.196. The largest absolute Gasteiger partial charge is 0.335 e. The van der Waals surface area contributed by atoms with E-state index in [0.717, 1.165) is 21.3 Å². The summed E-state index contributed by atoms with van der Waals surface area (Å²) in [4.78, 5) is 16.0. The summed E-state index contributed by atoms with van der Waals surface area (Å²) in [5.41, 5.74) is 0.315. The lowest BCUT2D eigenvalue weighted by atomic mass is 10.3. The van der Waals surface area contributed by atoms with Gasteiger partial charge in [0.2, 0.25) is 10.0 Å². The number of nitrogens with zero attached hydrogens (tertiary/aromatic N) is 4. The van der Waals surface area contributed by atoms with Gasteiger partial charge < -0.3 is 4.90 Å². The van der Waals surface area contributed by atoms with Crippen molar-refractivity contribution in [2.24, 2.45) is 0 Å². The Kier molecular flexibility index (Phi) is 4.50. The topological polar surface area (TPSA) is 83.5 Å². The highest BCUT2D eigenvalue weighted by molar-refractivity contribution is 7.89. The number of rotatable bonds is 3. The highest BCUT2D eigenvalue weighted by Gasteiger charge is 2.32. The number of aromatic nitrogens is 2. The third kappa shape index (κ3) is 3.16. The van der Waals surface area contributed by atoms with Gasteiger partial charge >= 0.3 is 0 Å². The van der Waals surface area contributed by atoms with Crippen LogP contribution >= 0.6 is 22.9 Å². The summed E-state index contributed by atoms with van der Waals surface area (Å²) in [6.45, 7) is 5.02. The van der Waals surface area contributed by atoms with Gasteiger partial charge in [0.25, 0.3) is 5.91 Å². The van der Waals surface area contributed by atoms with E-state index in [9.17, 15) is 13.2 Å². The van der Waals surface area contributed by atoms with Gasteiger partial charge in [-0.25, -0.2) is 8.42 Å². The van der Waals surface area contributed by atoms with Crippen LogP contribution in [0.5, 0.6) is 0 Å². The van der Waals surface area contributed by atoms with Crippen molar-refractivity contribution < 1.29 is 13.2 Å². The number of amides is 1. The third-order valence-corrected chi connectivity index (χ3v) is 7.34. The molecule has 2 aromatic heterocycles. The van der Waals surface area contributed by atoms with Gasteiger partial charge in [-0.3, -0.25) is 4.79 Å². The van der Waals surface area contributed by atoms with E-state index in [-0.39, 0.29) is 5.91 Å². The maximum Gasteiger partial charge on any atom is 0.275 e. The van der Waals surface area contributed by atoms with Crippen molar-refractivity contribution in [2.45, 2.75) is 18.7 Å². The molecule has 124 valence electrons. The summed E-state index contributed by atoms with van der Waals surface area (Å²) in [5, 5.41) is 5.37. The second-order valence-corrected chi connectivity index (χ2v) is 9.24. The Labute approximate surface area is 142 Å². The number of carbonyl (C=O) groups is 1. The Balaban J connectivity index is 1.71. The van der Waals surface area contributed by atoms with Crippen LogP contribution in [0.2, 0.25) is 0 Å². The molecule has 1 fully saturated rings. The van der Waals surface area contributed by atoms with Crippen molar-refractivity contribution in [3.05, 3.63) is 26.9 Å². The van der Waals surface area contributed by atoms with Crippen LogP contribution in [0.4, 0.5) is 0 Å². The molecule has 0 N–H and O–H groups in total. The maximum absolute atomic E-state index is 12.7. The summed E-state index contributed by atoms with van der Waals surface area (Å²) in [6.07, 6.45) is 0. The first kappa shape index (κ1) is 16.5. The lowest BCUT2D eigenvalue weighted by Crippen LogP contribution is -2.50. The Morgan fingerprint density at radius 3 is 2.43 bits per heavy atom. The molecule has 2 aromatic rings. The molecule has 1 aliphatic heterocycles. The fourth-order valence-electron chi connectivity index (χ4n) is 2.55. The number of hydrogen-bond acceptors (Lipinski definition) is 7. The fraction of sp³-hybridized carbons (Fsp3) is 0.462. The van der Waals surface area contributed by atoms with Gasteiger partial charge in [-0.15, -0.1) is 16.4 Å². The Hall–Kier alpha value is -1.36. The summed E-state index contributed by atoms with van der Waals surface area (Å²) >= 11 is 2.60.